The molecule has 1 fully saturated rings. The van der Waals surface area contributed by atoms with E-state index < -0.39 is 0 Å². The highest BCUT2D eigenvalue weighted by Gasteiger charge is 2.52. The minimum atomic E-state index is -0.225. The molecule has 104 valence electrons. The van der Waals surface area contributed by atoms with Crippen molar-refractivity contribution in [1.29, 1.82) is 0 Å². The average Bonchev–Trinajstić information content (AvgIpc) is 2.98. The summed E-state index contributed by atoms with van der Waals surface area (Å²) in [6, 6.07) is 13.0. The number of halogens is 1. The van der Waals surface area contributed by atoms with Crippen molar-refractivity contribution < 1.29 is 9.18 Å². The molecule has 4 heteroatoms. The summed E-state index contributed by atoms with van der Waals surface area (Å²) in [4.78, 5) is 16.6. The summed E-state index contributed by atoms with van der Waals surface area (Å²) in [7, 11) is 0. The summed E-state index contributed by atoms with van der Waals surface area (Å²) in [6.45, 7) is 0.778. The first-order chi connectivity index (χ1) is 10.2. The lowest BCUT2D eigenvalue weighted by Gasteiger charge is -2.40. The fourth-order valence-electron chi connectivity index (χ4n) is 4.09. The predicted octanol–water partition coefficient (Wildman–Crippen LogP) is 3.01. The van der Waals surface area contributed by atoms with Crippen LogP contribution >= 0.6 is 0 Å². The van der Waals surface area contributed by atoms with Gasteiger partial charge in [-0.05, 0) is 35.4 Å². The van der Waals surface area contributed by atoms with E-state index in [0.29, 0.717) is 6.42 Å². The highest BCUT2D eigenvalue weighted by molar-refractivity contribution is 6.01. The van der Waals surface area contributed by atoms with Crippen molar-refractivity contribution in [3.05, 3.63) is 59.4 Å². The van der Waals surface area contributed by atoms with Crippen LogP contribution < -0.4 is 9.80 Å². The molecule has 2 atom stereocenters. The Hall–Kier alpha value is -2.36. The van der Waals surface area contributed by atoms with E-state index in [-0.39, 0.29) is 23.8 Å². The van der Waals surface area contributed by atoms with Crippen LogP contribution in [0.25, 0.3) is 0 Å². The summed E-state index contributed by atoms with van der Waals surface area (Å²) >= 11 is 0. The fraction of sp³-hybridized carbons (Fsp3) is 0.235. The van der Waals surface area contributed by atoms with E-state index in [9.17, 15) is 9.18 Å². The number of hydrogen-bond acceptors (Lipinski definition) is 2. The quantitative estimate of drug-likeness (QED) is 0.740. The Morgan fingerprint density at radius 3 is 2.86 bits per heavy atom. The highest BCUT2D eigenvalue weighted by atomic mass is 19.1. The molecule has 0 saturated carbocycles. The van der Waals surface area contributed by atoms with Gasteiger partial charge in [0.15, 0.2) is 0 Å². The van der Waals surface area contributed by atoms with Crippen molar-refractivity contribution in [3.8, 4) is 0 Å². The lowest BCUT2D eigenvalue weighted by molar-refractivity contribution is -0.117. The number of nitrogens with zero attached hydrogens (tertiary/aromatic N) is 2. The SMILES string of the molecule is O=C1C[C@H]2c3cc(F)ccc3N3Cc4ccccc4N1[C@@H]23. The average molecular weight is 280 g/mol. The van der Waals surface area contributed by atoms with Gasteiger partial charge in [-0.25, -0.2) is 4.39 Å². The van der Waals surface area contributed by atoms with Gasteiger partial charge in [-0.15, -0.1) is 0 Å². The molecule has 0 N–H and O–H groups in total. The van der Waals surface area contributed by atoms with Gasteiger partial charge in [0.1, 0.15) is 12.0 Å². The lowest BCUT2D eigenvalue weighted by atomic mass is 9.98. The minimum absolute atomic E-state index is 0.0178. The third-order valence-electron chi connectivity index (χ3n) is 4.90. The van der Waals surface area contributed by atoms with Crippen molar-refractivity contribution in [2.45, 2.75) is 25.0 Å². The second kappa shape index (κ2) is 3.64. The number of amides is 1. The topological polar surface area (TPSA) is 23.6 Å². The molecule has 2 aromatic carbocycles. The van der Waals surface area contributed by atoms with Crippen LogP contribution in [0.3, 0.4) is 0 Å². The van der Waals surface area contributed by atoms with E-state index in [4.69, 9.17) is 0 Å². The van der Waals surface area contributed by atoms with E-state index in [1.54, 1.807) is 6.07 Å². The summed E-state index contributed by atoms with van der Waals surface area (Å²) in [5.74, 6) is -0.00868. The molecule has 1 saturated heterocycles. The van der Waals surface area contributed by atoms with E-state index in [0.717, 1.165) is 29.0 Å². The van der Waals surface area contributed by atoms with Crippen molar-refractivity contribution in [2.75, 3.05) is 9.80 Å². The number of anilines is 2. The number of carbonyl (C=O) groups excluding carboxylic acids is 1. The molecule has 3 nitrogen and oxygen atoms in total. The van der Waals surface area contributed by atoms with Crippen molar-refractivity contribution in [3.63, 3.8) is 0 Å². The van der Waals surface area contributed by atoms with Crippen LogP contribution in [-0.2, 0) is 11.3 Å². The molecule has 1 amide bonds. The van der Waals surface area contributed by atoms with E-state index >= 15 is 0 Å². The zero-order valence-corrected chi connectivity index (χ0v) is 11.3. The molecule has 21 heavy (non-hydrogen) atoms. The first-order valence-electron chi connectivity index (χ1n) is 7.20. The van der Waals surface area contributed by atoms with Crippen LogP contribution in [0.1, 0.15) is 23.5 Å². The van der Waals surface area contributed by atoms with Gasteiger partial charge in [0, 0.05) is 24.6 Å². The lowest BCUT2D eigenvalue weighted by Crippen LogP contribution is -2.49. The number of fused-ring (bicyclic) bond motifs is 5. The van der Waals surface area contributed by atoms with Crippen molar-refractivity contribution in [2.24, 2.45) is 0 Å². The maximum absolute atomic E-state index is 13.6. The van der Waals surface area contributed by atoms with Gasteiger partial charge in [0.25, 0.3) is 0 Å². The monoisotopic (exact) mass is 280 g/mol. The van der Waals surface area contributed by atoms with Crippen molar-refractivity contribution in [1.82, 2.24) is 0 Å². The summed E-state index contributed by atoms with van der Waals surface area (Å²) in [6.07, 6.45) is 0.482. The molecule has 3 aliphatic rings. The summed E-state index contributed by atoms with van der Waals surface area (Å²) in [5.41, 5.74) is 4.21. The van der Waals surface area contributed by atoms with Gasteiger partial charge in [0.05, 0.1) is 5.69 Å². The van der Waals surface area contributed by atoms with Gasteiger partial charge in [0.2, 0.25) is 5.91 Å². The molecule has 0 spiro atoms. The molecule has 3 heterocycles. The molecule has 0 bridgehead atoms. The Morgan fingerprint density at radius 2 is 1.95 bits per heavy atom. The third-order valence-corrected chi connectivity index (χ3v) is 4.90. The van der Waals surface area contributed by atoms with Gasteiger partial charge in [-0.1, -0.05) is 18.2 Å². The number of para-hydroxylation sites is 1. The van der Waals surface area contributed by atoms with E-state index in [1.807, 2.05) is 29.2 Å². The third kappa shape index (κ3) is 1.30. The van der Waals surface area contributed by atoms with Gasteiger partial charge >= 0.3 is 0 Å². The zero-order valence-electron chi connectivity index (χ0n) is 11.3. The first-order valence-corrected chi connectivity index (χ1v) is 7.20. The smallest absolute Gasteiger partial charge is 0.229 e. The first kappa shape index (κ1) is 11.3. The fourth-order valence-corrected chi connectivity index (χ4v) is 4.09. The van der Waals surface area contributed by atoms with Crippen molar-refractivity contribution >= 4 is 17.3 Å². The van der Waals surface area contributed by atoms with Crippen LogP contribution in [0.15, 0.2) is 42.5 Å². The minimum Gasteiger partial charge on any atom is -0.345 e. The normalized spacial score (nSPS) is 24.9. The van der Waals surface area contributed by atoms with E-state index in [2.05, 4.69) is 11.0 Å². The molecular weight excluding hydrogens is 267 g/mol. The Morgan fingerprint density at radius 1 is 1.10 bits per heavy atom. The van der Waals surface area contributed by atoms with Crippen LogP contribution in [0.2, 0.25) is 0 Å². The van der Waals surface area contributed by atoms with Crippen LogP contribution in [-0.4, -0.2) is 12.1 Å². The summed E-state index contributed by atoms with van der Waals surface area (Å²) < 4.78 is 13.6. The Bertz CT molecular complexity index is 788. The molecule has 0 radical (unpaired) electrons. The highest BCUT2D eigenvalue weighted by Crippen LogP contribution is 2.52. The zero-order chi connectivity index (χ0) is 14.1. The molecular formula is C17H13FN2O. The Kier molecular flexibility index (Phi) is 1.96. The van der Waals surface area contributed by atoms with E-state index in [1.165, 1.54) is 6.07 Å². The molecule has 0 unspecified atom stereocenters. The number of carbonyl (C=O) groups is 1. The molecule has 0 aliphatic carbocycles. The number of rotatable bonds is 0. The second-order valence-corrected chi connectivity index (χ2v) is 5.95. The van der Waals surface area contributed by atoms with Gasteiger partial charge in [-0.3, -0.25) is 9.69 Å². The second-order valence-electron chi connectivity index (χ2n) is 5.95. The van der Waals surface area contributed by atoms with Crippen LogP contribution in [0.5, 0.6) is 0 Å². The predicted molar refractivity (Wildman–Crippen MR) is 77.7 cm³/mol. The Balaban J connectivity index is 1.75. The largest absolute Gasteiger partial charge is 0.345 e. The number of benzene rings is 2. The van der Waals surface area contributed by atoms with Gasteiger partial charge < -0.3 is 4.90 Å². The Labute approximate surface area is 121 Å². The molecule has 3 aliphatic heterocycles. The maximum Gasteiger partial charge on any atom is 0.229 e. The maximum atomic E-state index is 13.6. The van der Waals surface area contributed by atoms with Crippen LogP contribution in [0.4, 0.5) is 15.8 Å². The number of hydrogen-bond donors (Lipinski definition) is 0. The molecule has 2 aromatic rings. The molecule has 0 aromatic heterocycles. The summed E-state index contributed by atoms with van der Waals surface area (Å²) in [5, 5.41) is 0. The standard InChI is InChI=1S/C17H13FN2O/c18-11-5-6-15-12(7-11)13-8-16(21)20-14-4-2-1-3-10(14)9-19(15)17(13)20/h1-7,13,17H,8-9H2/t13-,17-/m0/s1. The van der Waals surface area contributed by atoms with Crippen LogP contribution in [0, 0.1) is 5.82 Å². The van der Waals surface area contributed by atoms with Gasteiger partial charge in [-0.2, -0.15) is 0 Å². The molecule has 5 rings (SSSR count).